The molecule has 0 saturated heterocycles. The molecule has 0 amide bonds. The molecule has 3 N–H and O–H groups in total. The summed E-state index contributed by atoms with van der Waals surface area (Å²) in [7, 11) is 0. The van der Waals surface area contributed by atoms with Crippen molar-refractivity contribution in [1.29, 1.82) is 0 Å². The van der Waals surface area contributed by atoms with Gasteiger partial charge >= 0.3 is 0 Å². The lowest BCUT2D eigenvalue weighted by molar-refractivity contribution is -0.0983. The van der Waals surface area contributed by atoms with E-state index in [0.717, 1.165) is 6.26 Å². The Morgan fingerprint density at radius 2 is 2.12 bits per heavy atom. The van der Waals surface area contributed by atoms with E-state index in [1.807, 2.05) is 0 Å². The Bertz CT molecular complexity index is 119. The van der Waals surface area contributed by atoms with Gasteiger partial charge < -0.3 is 20.1 Å². The van der Waals surface area contributed by atoms with Gasteiger partial charge in [0.15, 0.2) is 11.9 Å². The molecule has 46 valence electrons. The van der Waals surface area contributed by atoms with Gasteiger partial charge in [-0.15, -0.1) is 0 Å². The quantitative estimate of drug-likeness (QED) is 0.385. The normalized spacial score (nSPS) is 36.5. The molecule has 0 aromatic rings. The van der Waals surface area contributed by atoms with Crippen molar-refractivity contribution in [2.24, 2.45) is 0 Å². The minimum Gasteiger partial charge on any atom is -0.506 e. The largest absolute Gasteiger partial charge is 0.506 e. The van der Waals surface area contributed by atoms with Crippen LogP contribution in [0.2, 0.25) is 0 Å². The maximum absolute atomic E-state index is 8.57. The highest BCUT2D eigenvalue weighted by atomic mass is 16.6. The Balaban J connectivity index is 2.59. The Kier molecular flexibility index (Phi) is 1.11. The number of ether oxygens (including phenoxy) is 1. The van der Waals surface area contributed by atoms with Gasteiger partial charge in [-0.2, -0.15) is 0 Å². The van der Waals surface area contributed by atoms with Crippen LogP contribution in [0.1, 0.15) is 0 Å². The summed E-state index contributed by atoms with van der Waals surface area (Å²) in [6.07, 6.45) is -1.65. The Morgan fingerprint density at radius 1 is 1.50 bits per heavy atom. The first-order valence-electron chi connectivity index (χ1n) is 2.12. The number of aliphatic hydroxyl groups excluding tert-OH is 3. The molecule has 4 heteroatoms. The summed E-state index contributed by atoms with van der Waals surface area (Å²) in [5, 5.41) is 25.6. The van der Waals surface area contributed by atoms with E-state index in [9.17, 15) is 0 Å². The lowest BCUT2D eigenvalue weighted by Crippen LogP contribution is -2.22. The molecule has 4 nitrogen and oxygen atoms in total. The summed E-state index contributed by atoms with van der Waals surface area (Å²) < 4.78 is 4.27. The molecule has 0 aromatic carbocycles. The zero-order chi connectivity index (χ0) is 6.15. The zero-order valence-corrected chi connectivity index (χ0v) is 3.98. The topological polar surface area (TPSA) is 69.9 Å². The molecule has 1 heterocycles. The molecule has 1 rings (SSSR count). The Labute approximate surface area is 45.6 Å². The molecule has 2 unspecified atom stereocenters. The van der Waals surface area contributed by atoms with Crippen molar-refractivity contribution < 1.29 is 20.1 Å². The Hall–Kier alpha value is -0.740. The fraction of sp³-hybridized carbons (Fsp3) is 0.500. The van der Waals surface area contributed by atoms with E-state index in [0.29, 0.717) is 0 Å². The van der Waals surface area contributed by atoms with Gasteiger partial charge in [0.25, 0.3) is 0 Å². The number of aliphatic hydroxyl groups is 3. The molecular formula is C4H6O4. The van der Waals surface area contributed by atoms with Crippen LogP contribution in [0.4, 0.5) is 0 Å². The third-order valence-corrected chi connectivity index (χ3v) is 0.901. The van der Waals surface area contributed by atoms with Crippen molar-refractivity contribution in [2.75, 3.05) is 0 Å². The van der Waals surface area contributed by atoms with Crippen molar-refractivity contribution in [3.63, 3.8) is 0 Å². The molecule has 0 fully saturated rings. The van der Waals surface area contributed by atoms with Crippen molar-refractivity contribution >= 4 is 0 Å². The highest BCUT2D eigenvalue weighted by molar-refractivity contribution is 5.00. The van der Waals surface area contributed by atoms with E-state index in [-0.39, 0.29) is 5.76 Å². The van der Waals surface area contributed by atoms with Crippen LogP contribution in [0.5, 0.6) is 0 Å². The highest BCUT2D eigenvalue weighted by Crippen LogP contribution is 2.12. The predicted molar refractivity (Wildman–Crippen MR) is 23.8 cm³/mol. The van der Waals surface area contributed by atoms with Crippen molar-refractivity contribution in [3.8, 4) is 0 Å². The lowest BCUT2D eigenvalue weighted by atomic mass is 10.3. The number of hydrogen-bond acceptors (Lipinski definition) is 4. The van der Waals surface area contributed by atoms with Gasteiger partial charge in [-0.1, -0.05) is 0 Å². The maximum atomic E-state index is 8.57. The van der Waals surface area contributed by atoms with Crippen LogP contribution in [-0.2, 0) is 4.74 Å². The third-order valence-electron chi connectivity index (χ3n) is 0.901. The molecule has 0 aromatic heterocycles. The third kappa shape index (κ3) is 0.635. The zero-order valence-electron chi connectivity index (χ0n) is 3.98. The first kappa shape index (κ1) is 5.40. The second-order valence-electron chi connectivity index (χ2n) is 1.51. The molecule has 0 spiro atoms. The highest BCUT2D eigenvalue weighted by Gasteiger charge is 2.26. The molecule has 0 aliphatic carbocycles. The molecular weight excluding hydrogens is 112 g/mol. The molecule has 0 bridgehead atoms. The average molecular weight is 118 g/mol. The van der Waals surface area contributed by atoms with E-state index < -0.39 is 12.4 Å². The Morgan fingerprint density at radius 3 is 2.25 bits per heavy atom. The molecule has 1 aliphatic heterocycles. The van der Waals surface area contributed by atoms with Crippen LogP contribution < -0.4 is 0 Å². The predicted octanol–water partition coefficient (Wildman–Crippen LogP) is -0.905. The van der Waals surface area contributed by atoms with Crippen LogP contribution in [0.25, 0.3) is 0 Å². The summed E-state index contributed by atoms with van der Waals surface area (Å²) in [6.45, 7) is 0. The fourth-order valence-electron chi connectivity index (χ4n) is 0.430. The first-order chi connectivity index (χ1) is 3.72. The average Bonchev–Trinajstić information content (AvgIpc) is 1.98. The van der Waals surface area contributed by atoms with Crippen molar-refractivity contribution in [3.05, 3.63) is 12.0 Å². The molecule has 0 radical (unpaired) electrons. The van der Waals surface area contributed by atoms with Crippen LogP contribution in [0.3, 0.4) is 0 Å². The molecule has 8 heavy (non-hydrogen) atoms. The monoisotopic (exact) mass is 118 g/mol. The van der Waals surface area contributed by atoms with Gasteiger partial charge in [-0.25, -0.2) is 0 Å². The van der Waals surface area contributed by atoms with Crippen LogP contribution in [-0.4, -0.2) is 27.7 Å². The van der Waals surface area contributed by atoms with Crippen LogP contribution in [0, 0.1) is 0 Å². The van der Waals surface area contributed by atoms with Gasteiger partial charge in [-0.05, 0) is 0 Å². The summed E-state index contributed by atoms with van der Waals surface area (Å²) in [4.78, 5) is 0. The fourth-order valence-corrected chi connectivity index (χ4v) is 0.430. The summed E-state index contributed by atoms with van der Waals surface area (Å²) in [6, 6.07) is 0. The minimum atomic E-state index is -1.30. The number of hydrogen-bond donors (Lipinski definition) is 3. The van der Waals surface area contributed by atoms with Gasteiger partial charge in [0.1, 0.15) is 6.26 Å². The molecule has 0 saturated carbocycles. The first-order valence-corrected chi connectivity index (χ1v) is 2.12. The van der Waals surface area contributed by atoms with Gasteiger partial charge in [0.05, 0.1) is 0 Å². The maximum Gasteiger partial charge on any atom is 0.230 e. The lowest BCUT2D eigenvalue weighted by Gasteiger charge is -2.04. The second-order valence-corrected chi connectivity index (χ2v) is 1.51. The van der Waals surface area contributed by atoms with Gasteiger partial charge in [-0.3, -0.25) is 0 Å². The van der Waals surface area contributed by atoms with E-state index >= 15 is 0 Å². The second kappa shape index (κ2) is 1.65. The molecule has 2 atom stereocenters. The van der Waals surface area contributed by atoms with Crippen molar-refractivity contribution in [2.45, 2.75) is 12.4 Å². The summed E-state index contributed by atoms with van der Waals surface area (Å²) in [5.74, 6) is -0.336. The van der Waals surface area contributed by atoms with E-state index in [4.69, 9.17) is 15.3 Å². The van der Waals surface area contributed by atoms with E-state index in [2.05, 4.69) is 4.74 Å². The van der Waals surface area contributed by atoms with Crippen LogP contribution >= 0.6 is 0 Å². The smallest absolute Gasteiger partial charge is 0.230 e. The van der Waals surface area contributed by atoms with E-state index in [1.54, 1.807) is 0 Å². The summed E-state index contributed by atoms with van der Waals surface area (Å²) in [5.41, 5.74) is 0. The SMILES string of the molecule is OC1=COC(O)C1O. The van der Waals surface area contributed by atoms with Crippen LogP contribution in [0.15, 0.2) is 12.0 Å². The van der Waals surface area contributed by atoms with Gasteiger partial charge in [0.2, 0.25) is 6.29 Å². The minimum absolute atomic E-state index is 0.336. The standard InChI is InChI=1S/C4H6O4/c5-2-1-8-4(7)3(2)6/h1,3-7H. The summed E-state index contributed by atoms with van der Waals surface area (Å²) >= 11 is 0. The van der Waals surface area contributed by atoms with E-state index in [1.165, 1.54) is 0 Å². The van der Waals surface area contributed by atoms with Gasteiger partial charge in [0, 0.05) is 0 Å². The number of rotatable bonds is 0. The molecule has 1 aliphatic rings. The van der Waals surface area contributed by atoms with Crippen molar-refractivity contribution in [1.82, 2.24) is 0 Å².